The van der Waals surface area contributed by atoms with Gasteiger partial charge in [-0.3, -0.25) is 9.48 Å². The fraction of sp³-hybridized carbons (Fsp3) is 0.200. The van der Waals surface area contributed by atoms with Gasteiger partial charge in [-0.25, -0.2) is 4.98 Å². The number of aromatic nitrogens is 4. The highest BCUT2D eigenvalue weighted by Crippen LogP contribution is 2.14. The molecule has 2 heterocycles. The monoisotopic (exact) mass is 427 g/mol. The van der Waals surface area contributed by atoms with Gasteiger partial charge in [-0.1, -0.05) is 47.2 Å². The molecule has 0 bridgehead atoms. The minimum Gasteiger partial charge on any atom is -0.444 e. The Hall–Kier alpha value is -4.00. The lowest BCUT2D eigenvalue weighted by molar-refractivity contribution is 0.102. The zero-order valence-corrected chi connectivity index (χ0v) is 17.9. The third kappa shape index (κ3) is 6.01. The van der Waals surface area contributed by atoms with Crippen molar-refractivity contribution in [3.05, 3.63) is 95.5 Å². The molecule has 4 aromatic rings. The number of amides is 1. The fourth-order valence-electron chi connectivity index (χ4n) is 3.22. The number of carbonyl (C=O) groups excluding carboxylic acids is 1. The Labute approximate surface area is 186 Å². The summed E-state index contributed by atoms with van der Waals surface area (Å²) in [4.78, 5) is 16.7. The van der Waals surface area contributed by atoms with Gasteiger partial charge in [-0.15, -0.1) is 5.10 Å². The maximum absolute atomic E-state index is 12.5. The first-order valence-electron chi connectivity index (χ1n) is 10.6. The lowest BCUT2D eigenvalue weighted by Gasteiger charge is -2.05. The number of anilines is 1. The molecule has 0 aliphatic carbocycles. The van der Waals surface area contributed by atoms with Gasteiger partial charge in [0, 0.05) is 24.5 Å². The van der Waals surface area contributed by atoms with Crippen LogP contribution >= 0.6 is 0 Å². The summed E-state index contributed by atoms with van der Waals surface area (Å²) in [7, 11) is 0. The molecule has 0 saturated carbocycles. The molecule has 32 heavy (non-hydrogen) atoms. The van der Waals surface area contributed by atoms with Crippen LogP contribution in [-0.4, -0.2) is 25.9 Å². The van der Waals surface area contributed by atoms with Gasteiger partial charge in [0.25, 0.3) is 5.91 Å². The van der Waals surface area contributed by atoms with E-state index < -0.39 is 0 Å². The summed E-state index contributed by atoms with van der Waals surface area (Å²) in [5.74, 6) is 0.0845. The molecule has 0 saturated heterocycles. The van der Waals surface area contributed by atoms with Crippen molar-refractivity contribution in [1.82, 2.24) is 20.0 Å². The van der Waals surface area contributed by atoms with Crippen LogP contribution in [0.4, 0.5) is 5.69 Å². The van der Waals surface area contributed by atoms with E-state index in [1.165, 1.54) is 17.4 Å². The second-order valence-electron chi connectivity index (χ2n) is 7.59. The number of rotatable bonds is 9. The summed E-state index contributed by atoms with van der Waals surface area (Å²) in [6.45, 7) is 2.91. The molecular weight excluding hydrogens is 402 g/mol. The lowest BCUT2D eigenvalue weighted by Crippen LogP contribution is -2.12. The standard InChI is InChI=1S/C25H25N5O2/c1-19-5-7-21(8-6-19)11-14-24-28-23(18-32-24)25(31)27-22-12-9-20(10-13-22)4-2-3-16-30-17-15-26-29-30/h5-15,17-18H,2-4,16H2,1H3,(H,27,31)/b14-11+. The van der Waals surface area contributed by atoms with Gasteiger partial charge >= 0.3 is 0 Å². The van der Waals surface area contributed by atoms with Gasteiger partial charge < -0.3 is 9.73 Å². The highest BCUT2D eigenvalue weighted by Gasteiger charge is 2.11. The third-order valence-corrected chi connectivity index (χ3v) is 5.04. The molecule has 4 rings (SSSR count). The van der Waals surface area contributed by atoms with E-state index in [-0.39, 0.29) is 11.6 Å². The van der Waals surface area contributed by atoms with Crippen LogP contribution in [0, 0.1) is 6.92 Å². The van der Waals surface area contributed by atoms with E-state index in [9.17, 15) is 4.79 Å². The summed E-state index contributed by atoms with van der Waals surface area (Å²) in [6, 6.07) is 16.0. The minimum atomic E-state index is -0.302. The van der Waals surface area contributed by atoms with Crippen molar-refractivity contribution < 1.29 is 9.21 Å². The van der Waals surface area contributed by atoms with E-state index in [1.54, 1.807) is 12.3 Å². The zero-order chi connectivity index (χ0) is 22.2. The van der Waals surface area contributed by atoms with E-state index >= 15 is 0 Å². The second kappa shape index (κ2) is 10.3. The normalized spacial score (nSPS) is 11.2. The summed E-state index contributed by atoms with van der Waals surface area (Å²) >= 11 is 0. The number of hydrogen-bond donors (Lipinski definition) is 1. The smallest absolute Gasteiger partial charge is 0.277 e. The number of nitrogens with zero attached hydrogens (tertiary/aromatic N) is 4. The van der Waals surface area contributed by atoms with Gasteiger partial charge in [0.05, 0.1) is 6.20 Å². The van der Waals surface area contributed by atoms with Crippen LogP contribution in [0.15, 0.2) is 71.6 Å². The molecule has 0 spiro atoms. The number of aryl methyl sites for hydroxylation is 3. The van der Waals surface area contributed by atoms with Crippen molar-refractivity contribution >= 4 is 23.7 Å². The number of carbonyl (C=O) groups is 1. The predicted molar refractivity (Wildman–Crippen MR) is 124 cm³/mol. The average molecular weight is 428 g/mol. The largest absolute Gasteiger partial charge is 0.444 e. The van der Waals surface area contributed by atoms with Crippen LogP contribution < -0.4 is 5.32 Å². The summed E-state index contributed by atoms with van der Waals surface area (Å²) in [5.41, 5.74) is 4.44. The lowest BCUT2D eigenvalue weighted by atomic mass is 10.1. The SMILES string of the molecule is Cc1ccc(/C=C/c2nc(C(=O)Nc3ccc(CCCCn4ccnn4)cc3)co2)cc1. The van der Waals surface area contributed by atoms with E-state index in [0.717, 1.165) is 37.1 Å². The first-order valence-corrected chi connectivity index (χ1v) is 10.6. The molecule has 1 amide bonds. The molecule has 0 aliphatic rings. The number of hydrogen-bond acceptors (Lipinski definition) is 5. The Morgan fingerprint density at radius 2 is 1.88 bits per heavy atom. The van der Waals surface area contributed by atoms with Crippen LogP contribution in [0.5, 0.6) is 0 Å². The molecule has 7 nitrogen and oxygen atoms in total. The molecule has 7 heteroatoms. The highest BCUT2D eigenvalue weighted by atomic mass is 16.3. The van der Waals surface area contributed by atoms with Crippen LogP contribution in [0.3, 0.4) is 0 Å². The first kappa shape index (κ1) is 21.2. The van der Waals surface area contributed by atoms with E-state index in [2.05, 4.69) is 20.6 Å². The van der Waals surface area contributed by atoms with Crippen molar-refractivity contribution in [2.45, 2.75) is 32.7 Å². The Bertz CT molecular complexity index is 1160. The van der Waals surface area contributed by atoms with E-state index in [1.807, 2.05) is 72.4 Å². The second-order valence-corrected chi connectivity index (χ2v) is 7.59. The molecule has 162 valence electrons. The predicted octanol–water partition coefficient (Wildman–Crippen LogP) is 5.02. The number of unbranched alkanes of at least 4 members (excludes halogenated alkanes) is 1. The Kier molecular flexibility index (Phi) is 6.87. The number of oxazole rings is 1. The van der Waals surface area contributed by atoms with Crippen LogP contribution in [0.2, 0.25) is 0 Å². The molecule has 0 unspecified atom stereocenters. The van der Waals surface area contributed by atoms with Gasteiger partial charge in [-0.2, -0.15) is 0 Å². The van der Waals surface area contributed by atoms with Gasteiger partial charge in [0.15, 0.2) is 5.69 Å². The van der Waals surface area contributed by atoms with Crippen LogP contribution in [-0.2, 0) is 13.0 Å². The van der Waals surface area contributed by atoms with Crippen LogP contribution in [0.25, 0.3) is 12.2 Å². The molecule has 1 N–H and O–H groups in total. The fourth-order valence-corrected chi connectivity index (χ4v) is 3.22. The van der Waals surface area contributed by atoms with E-state index in [4.69, 9.17) is 4.42 Å². The van der Waals surface area contributed by atoms with Gasteiger partial charge in [-0.05, 0) is 55.5 Å². The molecule has 0 atom stereocenters. The first-order chi connectivity index (χ1) is 15.7. The third-order valence-electron chi connectivity index (χ3n) is 5.04. The molecule has 2 aromatic heterocycles. The molecule has 0 aliphatic heterocycles. The van der Waals surface area contributed by atoms with E-state index in [0.29, 0.717) is 5.89 Å². The number of nitrogens with one attached hydrogen (secondary N) is 1. The maximum Gasteiger partial charge on any atom is 0.277 e. The quantitative estimate of drug-likeness (QED) is 0.379. The summed E-state index contributed by atoms with van der Waals surface area (Å²) < 4.78 is 7.24. The Morgan fingerprint density at radius 1 is 1.06 bits per heavy atom. The zero-order valence-electron chi connectivity index (χ0n) is 17.9. The van der Waals surface area contributed by atoms with Gasteiger partial charge in [0.2, 0.25) is 5.89 Å². The highest BCUT2D eigenvalue weighted by molar-refractivity contribution is 6.02. The molecule has 0 fully saturated rings. The van der Waals surface area contributed by atoms with Crippen molar-refractivity contribution in [1.29, 1.82) is 0 Å². The van der Waals surface area contributed by atoms with Crippen molar-refractivity contribution in [3.63, 3.8) is 0 Å². The number of benzene rings is 2. The van der Waals surface area contributed by atoms with Gasteiger partial charge in [0.1, 0.15) is 6.26 Å². The van der Waals surface area contributed by atoms with Crippen molar-refractivity contribution in [2.24, 2.45) is 0 Å². The van der Waals surface area contributed by atoms with Crippen LogP contribution in [0.1, 0.15) is 45.9 Å². The summed E-state index contributed by atoms with van der Waals surface area (Å²) in [5, 5.41) is 10.6. The van der Waals surface area contributed by atoms with Crippen molar-refractivity contribution in [2.75, 3.05) is 5.32 Å². The topological polar surface area (TPSA) is 85.8 Å². The molecule has 0 radical (unpaired) electrons. The Balaban J connectivity index is 1.26. The maximum atomic E-state index is 12.5. The molecular formula is C25H25N5O2. The minimum absolute atomic E-state index is 0.241. The Morgan fingerprint density at radius 3 is 2.62 bits per heavy atom. The molecule has 2 aromatic carbocycles. The summed E-state index contributed by atoms with van der Waals surface area (Å²) in [6.07, 6.45) is 11.6. The average Bonchev–Trinajstić information content (AvgIpc) is 3.50. The van der Waals surface area contributed by atoms with Crippen molar-refractivity contribution in [3.8, 4) is 0 Å².